The summed E-state index contributed by atoms with van der Waals surface area (Å²) in [6.07, 6.45) is 6.92. The van der Waals surface area contributed by atoms with Gasteiger partial charge in [-0.15, -0.1) is 0 Å². The monoisotopic (exact) mass is 498 g/mol. The summed E-state index contributed by atoms with van der Waals surface area (Å²) in [5.74, 6) is 2.44. The molecule has 5 rings (SSSR count). The number of rotatable bonds is 6. The Morgan fingerprint density at radius 3 is 2.73 bits per heavy atom. The Kier molecular flexibility index (Phi) is 8.42. The van der Waals surface area contributed by atoms with Crippen LogP contribution < -0.4 is 14.8 Å². The number of nitrogens with one attached hydrogen (secondary N) is 1. The van der Waals surface area contributed by atoms with Gasteiger partial charge >= 0.3 is 0 Å². The third kappa shape index (κ3) is 7.14. The zero-order chi connectivity index (χ0) is 25.5. The van der Waals surface area contributed by atoms with E-state index >= 15 is 0 Å². The molecule has 1 amide bonds. The molecule has 0 spiro atoms. The smallest absolute Gasteiger partial charge is 0.251 e. The predicted octanol–water partition coefficient (Wildman–Crippen LogP) is 5.99. The first kappa shape index (κ1) is 25.3. The second-order valence-corrected chi connectivity index (χ2v) is 10.4. The van der Waals surface area contributed by atoms with Crippen LogP contribution in [0.1, 0.15) is 64.7 Å². The SMILES string of the molecule is COc1ccccc1CNC(=O)c1ccc2c(c1)Cc1cccc(c1)CN(CC1CC1)CCCCCO2. The van der Waals surface area contributed by atoms with Crippen molar-refractivity contribution >= 4 is 5.91 Å². The van der Waals surface area contributed by atoms with Gasteiger partial charge in [-0.2, -0.15) is 0 Å². The summed E-state index contributed by atoms with van der Waals surface area (Å²) in [6.45, 7) is 4.51. The van der Waals surface area contributed by atoms with E-state index in [2.05, 4.69) is 34.5 Å². The molecule has 0 saturated heterocycles. The van der Waals surface area contributed by atoms with Crippen molar-refractivity contribution in [1.29, 1.82) is 0 Å². The fourth-order valence-corrected chi connectivity index (χ4v) is 5.14. The average molecular weight is 499 g/mol. The summed E-state index contributed by atoms with van der Waals surface area (Å²) in [7, 11) is 1.65. The number of hydrogen-bond donors (Lipinski definition) is 1. The molecule has 3 aromatic carbocycles. The Morgan fingerprint density at radius 1 is 1.00 bits per heavy atom. The number of para-hydroxylation sites is 1. The quantitative estimate of drug-likeness (QED) is 0.454. The maximum absolute atomic E-state index is 13.1. The summed E-state index contributed by atoms with van der Waals surface area (Å²) in [6, 6.07) is 22.5. The van der Waals surface area contributed by atoms with Crippen molar-refractivity contribution < 1.29 is 14.3 Å². The number of carbonyl (C=O) groups excluding carboxylic acids is 1. The van der Waals surface area contributed by atoms with Crippen LogP contribution in [0.4, 0.5) is 0 Å². The maximum Gasteiger partial charge on any atom is 0.251 e. The molecule has 1 fully saturated rings. The van der Waals surface area contributed by atoms with Crippen molar-refractivity contribution in [2.75, 3.05) is 26.8 Å². The molecule has 0 atom stereocenters. The molecule has 2 bridgehead atoms. The molecule has 1 heterocycles. The number of carbonyl (C=O) groups is 1. The fourth-order valence-electron chi connectivity index (χ4n) is 5.14. The van der Waals surface area contributed by atoms with Crippen molar-refractivity contribution in [3.8, 4) is 11.5 Å². The highest BCUT2D eigenvalue weighted by Crippen LogP contribution is 2.31. The van der Waals surface area contributed by atoms with Crippen LogP contribution in [0.5, 0.6) is 11.5 Å². The zero-order valence-electron chi connectivity index (χ0n) is 21.9. The first-order valence-electron chi connectivity index (χ1n) is 13.6. The minimum atomic E-state index is -0.0995. The Bertz CT molecular complexity index is 1200. The van der Waals surface area contributed by atoms with E-state index in [1.54, 1.807) is 7.11 Å². The van der Waals surface area contributed by atoms with Gasteiger partial charge in [0.1, 0.15) is 11.5 Å². The molecule has 0 radical (unpaired) electrons. The van der Waals surface area contributed by atoms with Crippen molar-refractivity contribution in [3.63, 3.8) is 0 Å². The third-order valence-corrected chi connectivity index (χ3v) is 7.34. The van der Waals surface area contributed by atoms with Gasteiger partial charge in [-0.25, -0.2) is 0 Å². The number of hydrogen-bond acceptors (Lipinski definition) is 4. The lowest BCUT2D eigenvalue weighted by Crippen LogP contribution is -2.27. The first-order chi connectivity index (χ1) is 18.2. The highest BCUT2D eigenvalue weighted by Gasteiger charge is 2.24. The van der Waals surface area contributed by atoms with Crippen LogP contribution in [0, 0.1) is 5.92 Å². The highest BCUT2D eigenvalue weighted by molar-refractivity contribution is 5.94. The summed E-state index contributed by atoms with van der Waals surface area (Å²) in [5.41, 5.74) is 5.26. The van der Waals surface area contributed by atoms with E-state index in [-0.39, 0.29) is 5.91 Å². The Morgan fingerprint density at radius 2 is 1.86 bits per heavy atom. The molecule has 2 aliphatic rings. The summed E-state index contributed by atoms with van der Waals surface area (Å²) < 4.78 is 11.7. The lowest BCUT2D eigenvalue weighted by atomic mass is 9.99. The van der Waals surface area contributed by atoms with Crippen LogP contribution in [0.25, 0.3) is 0 Å². The minimum Gasteiger partial charge on any atom is -0.496 e. The molecule has 5 heteroatoms. The molecule has 37 heavy (non-hydrogen) atoms. The fraction of sp³-hybridized carbons (Fsp3) is 0.406. The van der Waals surface area contributed by atoms with Crippen LogP contribution in [0.3, 0.4) is 0 Å². The molecular weight excluding hydrogens is 460 g/mol. The molecule has 1 saturated carbocycles. The second-order valence-electron chi connectivity index (χ2n) is 10.4. The molecule has 0 aromatic heterocycles. The minimum absolute atomic E-state index is 0.0995. The Hall–Kier alpha value is -3.31. The Balaban J connectivity index is 1.34. The molecule has 5 nitrogen and oxygen atoms in total. The lowest BCUT2D eigenvalue weighted by Gasteiger charge is -2.23. The van der Waals surface area contributed by atoms with Gasteiger partial charge in [-0.1, -0.05) is 42.5 Å². The Labute approximate surface area is 220 Å². The van der Waals surface area contributed by atoms with Crippen molar-refractivity contribution in [2.24, 2.45) is 5.92 Å². The topological polar surface area (TPSA) is 50.8 Å². The first-order valence-corrected chi connectivity index (χ1v) is 13.6. The highest BCUT2D eigenvalue weighted by atomic mass is 16.5. The molecule has 1 aliphatic carbocycles. The van der Waals surface area contributed by atoms with Gasteiger partial charge in [0.2, 0.25) is 0 Å². The van der Waals surface area contributed by atoms with E-state index in [0.29, 0.717) is 18.7 Å². The maximum atomic E-state index is 13.1. The van der Waals surface area contributed by atoms with E-state index in [1.165, 1.54) is 43.4 Å². The number of amides is 1. The van der Waals surface area contributed by atoms with Gasteiger partial charge in [-0.3, -0.25) is 9.69 Å². The van der Waals surface area contributed by atoms with Crippen LogP contribution >= 0.6 is 0 Å². The zero-order valence-corrected chi connectivity index (χ0v) is 21.9. The van der Waals surface area contributed by atoms with E-state index in [1.807, 2.05) is 42.5 Å². The van der Waals surface area contributed by atoms with Crippen molar-refractivity contribution in [3.05, 3.63) is 94.5 Å². The van der Waals surface area contributed by atoms with Crippen molar-refractivity contribution in [1.82, 2.24) is 10.2 Å². The second kappa shape index (κ2) is 12.3. The van der Waals surface area contributed by atoms with Crippen LogP contribution in [0.2, 0.25) is 0 Å². The van der Waals surface area contributed by atoms with Crippen molar-refractivity contribution in [2.45, 2.75) is 51.6 Å². The molecule has 1 aliphatic heterocycles. The molecule has 194 valence electrons. The summed E-state index contributed by atoms with van der Waals surface area (Å²) in [5, 5.41) is 3.05. The number of methoxy groups -OCH3 is 1. The number of nitrogens with zero attached hydrogens (tertiary/aromatic N) is 1. The van der Waals surface area contributed by atoms with E-state index in [4.69, 9.17) is 9.47 Å². The molecular formula is C32H38N2O3. The van der Waals surface area contributed by atoms with Gasteiger partial charge in [0.25, 0.3) is 5.91 Å². The summed E-state index contributed by atoms with van der Waals surface area (Å²) in [4.78, 5) is 15.7. The number of ether oxygens (including phenoxy) is 2. The lowest BCUT2D eigenvalue weighted by molar-refractivity contribution is 0.0950. The van der Waals surface area contributed by atoms with Crippen LogP contribution in [0.15, 0.2) is 66.7 Å². The number of fused-ring (bicyclic) bond motifs is 3. The van der Waals surface area contributed by atoms with Crippen LogP contribution in [-0.2, 0) is 19.5 Å². The average Bonchev–Trinajstić information content (AvgIpc) is 3.73. The van der Waals surface area contributed by atoms with Gasteiger partial charge in [0.05, 0.1) is 13.7 Å². The predicted molar refractivity (Wildman–Crippen MR) is 147 cm³/mol. The van der Waals surface area contributed by atoms with Gasteiger partial charge in [-0.05, 0) is 85.5 Å². The van der Waals surface area contributed by atoms with Gasteiger partial charge in [0, 0.05) is 37.2 Å². The molecule has 1 N–H and O–H groups in total. The standard InChI is InChI=1S/C32H38N2O3/c1-36-30-11-4-3-10-28(30)21-33-32(35)27-14-15-31-29(20-27)19-25-8-7-9-26(18-25)23-34(22-24-12-13-24)16-5-2-6-17-37-31/h3-4,7-11,14-15,18,20,24H,2,5-6,12-13,16-17,19,21-23H2,1H3,(H,33,35). The largest absolute Gasteiger partial charge is 0.496 e. The van der Waals surface area contributed by atoms with Crippen LogP contribution in [-0.4, -0.2) is 37.6 Å². The van der Waals surface area contributed by atoms with Gasteiger partial charge in [0.15, 0.2) is 0 Å². The van der Waals surface area contributed by atoms with Gasteiger partial charge < -0.3 is 14.8 Å². The summed E-state index contributed by atoms with van der Waals surface area (Å²) >= 11 is 0. The normalized spacial score (nSPS) is 16.7. The molecule has 3 aromatic rings. The number of benzene rings is 3. The van der Waals surface area contributed by atoms with E-state index < -0.39 is 0 Å². The third-order valence-electron chi connectivity index (χ3n) is 7.34. The van der Waals surface area contributed by atoms with E-state index in [0.717, 1.165) is 54.5 Å². The molecule has 0 unspecified atom stereocenters. The van der Waals surface area contributed by atoms with E-state index in [9.17, 15) is 4.79 Å².